The Kier molecular flexibility index (Phi) is 3.47. The maximum absolute atomic E-state index is 10.7. The topological polar surface area (TPSA) is 76.2 Å². The third kappa shape index (κ3) is 2.17. The Labute approximate surface area is 91.0 Å². The molecular formula is C9H7ClN2O3. The summed E-state index contributed by atoms with van der Waals surface area (Å²) in [5, 5.41) is 19.4. The molecule has 0 N–H and O–H groups in total. The summed E-state index contributed by atoms with van der Waals surface area (Å²) in [4.78, 5) is 10.1. The number of nitro benzene ring substituents is 1. The number of methoxy groups -OCH3 is 1. The largest absolute Gasteiger partial charge is 0.496 e. The Morgan fingerprint density at radius 2 is 2.33 bits per heavy atom. The smallest absolute Gasteiger partial charge is 0.278 e. The van der Waals surface area contributed by atoms with Crippen LogP contribution in [0.5, 0.6) is 5.75 Å². The number of hydrogen-bond acceptors (Lipinski definition) is 4. The molecule has 0 aliphatic carbocycles. The average molecular weight is 227 g/mol. The van der Waals surface area contributed by atoms with Crippen molar-refractivity contribution in [2.45, 2.75) is 5.88 Å². The number of hydrogen-bond donors (Lipinski definition) is 0. The predicted molar refractivity (Wildman–Crippen MR) is 53.9 cm³/mol. The van der Waals surface area contributed by atoms with Crippen molar-refractivity contribution in [2.24, 2.45) is 0 Å². The van der Waals surface area contributed by atoms with Gasteiger partial charge in [-0.2, -0.15) is 5.26 Å². The minimum absolute atomic E-state index is 0.0365. The van der Waals surface area contributed by atoms with Gasteiger partial charge in [-0.25, -0.2) is 0 Å². The minimum atomic E-state index is -0.582. The van der Waals surface area contributed by atoms with Gasteiger partial charge in [0.15, 0.2) is 0 Å². The fraction of sp³-hybridized carbons (Fsp3) is 0.222. The van der Waals surface area contributed by atoms with E-state index < -0.39 is 4.92 Å². The number of nitrogens with zero attached hydrogens (tertiary/aromatic N) is 2. The molecule has 0 spiro atoms. The van der Waals surface area contributed by atoms with Crippen molar-refractivity contribution >= 4 is 17.3 Å². The van der Waals surface area contributed by atoms with Crippen LogP contribution in [0.25, 0.3) is 0 Å². The van der Waals surface area contributed by atoms with Crippen LogP contribution in [0.2, 0.25) is 0 Å². The fourth-order valence-corrected chi connectivity index (χ4v) is 1.44. The van der Waals surface area contributed by atoms with Gasteiger partial charge >= 0.3 is 0 Å². The molecule has 0 radical (unpaired) electrons. The lowest BCUT2D eigenvalue weighted by Crippen LogP contribution is -1.98. The van der Waals surface area contributed by atoms with Gasteiger partial charge in [-0.3, -0.25) is 10.1 Å². The van der Waals surface area contributed by atoms with Crippen LogP contribution in [0.4, 0.5) is 5.69 Å². The highest BCUT2D eigenvalue weighted by molar-refractivity contribution is 6.17. The zero-order chi connectivity index (χ0) is 11.4. The second-order valence-electron chi connectivity index (χ2n) is 2.68. The maximum Gasteiger partial charge on any atom is 0.278 e. The first-order valence-electron chi connectivity index (χ1n) is 3.95. The van der Waals surface area contributed by atoms with E-state index in [1.807, 2.05) is 6.07 Å². The molecule has 15 heavy (non-hydrogen) atoms. The Balaban J connectivity index is 3.47. The molecule has 0 bridgehead atoms. The molecule has 0 unspecified atom stereocenters. The summed E-state index contributed by atoms with van der Waals surface area (Å²) in [5.74, 6) is 0.223. The second kappa shape index (κ2) is 4.62. The summed E-state index contributed by atoms with van der Waals surface area (Å²) in [6.07, 6.45) is 0. The lowest BCUT2D eigenvalue weighted by atomic mass is 10.1. The molecule has 0 saturated heterocycles. The standard InChI is InChI=1S/C9H7ClN2O3/c1-15-9-3-6(5-11)2-8(12(13)14)7(9)4-10/h2-3H,4H2,1H3. The Bertz CT molecular complexity index is 440. The van der Waals surface area contributed by atoms with Crippen LogP contribution >= 0.6 is 11.6 Å². The maximum atomic E-state index is 10.7. The van der Waals surface area contributed by atoms with Crippen molar-refractivity contribution in [3.8, 4) is 11.8 Å². The van der Waals surface area contributed by atoms with Gasteiger partial charge < -0.3 is 4.74 Å². The van der Waals surface area contributed by atoms with Crippen molar-refractivity contribution in [1.29, 1.82) is 5.26 Å². The van der Waals surface area contributed by atoms with Gasteiger partial charge in [-0.15, -0.1) is 11.6 Å². The van der Waals surface area contributed by atoms with Gasteiger partial charge in [0.25, 0.3) is 5.69 Å². The Morgan fingerprint density at radius 1 is 1.67 bits per heavy atom. The highest BCUT2D eigenvalue weighted by Crippen LogP contribution is 2.31. The summed E-state index contributed by atoms with van der Waals surface area (Å²) in [7, 11) is 1.37. The number of rotatable bonds is 3. The van der Waals surface area contributed by atoms with Crippen LogP contribution < -0.4 is 4.74 Å². The van der Waals surface area contributed by atoms with E-state index in [0.29, 0.717) is 0 Å². The van der Waals surface area contributed by atoms with Gasteiger partial charge in [0.05, 0.1) is 35.1 Å². The average Bonchev–Trinajstić information content (AvgIpc) is 2.26. The lowest BCUT2D eigenvalue weighted by molar-refractivity contribution is -0.385. The summed E-state index contributed by atoms with van der Waals surface area (Å²) in [6, 6.07) is 4.42. The molecule has 78 valence electrons. The van der Waals surface area contributed by atoms with Gasteiger partial charge in [0.2, 0.25) is 0 Å². The van der Waals surface area contributed by atoms with Crippen LogP contribution in [0.15, 0.2) is 12.1 Å². The summed E-state index contributed by atoms with van der Waals surface area (Å²) in [6.45, 7) is 0. The van der Waals surface area contributed by atoms with E-state index >= 15 is 0 Å². The molecule has 0 fully saturated rings. The van der Waals surface area contributed by atoms with E-state index in [0.717, 1.165) is 0 Å². The zero-order valence-corrected chi connectivity index (χ0v) is 8.61. The van der Waals surface area contributed by atoms with E-state index in [4.69, 9.17) is 21.6 Å². The van der Waals surface area contributed by atoms with Crippen molar-refractivity contribution in [2.75, 3.05) is 7.11 Å². The van der Waals surface area contributed by atoms with Crippen LogP contribution in [-0.2, 0) is 5.88 Å². The molecule has 0 saturated carbocycles. The zero-order valence-electron chi connectivity index (χ0n) is 7.86. The predicted octanol–water partition coefficient (Wildman–Crippen LogP) is 2.21. The molecule has 1 aromatic carbocycles. The van der Waals surface area contributed by atoms with E-state index in [-0.39, 0.29) is 28.4 Å². The van der Waals surface area contributed by atoms with E-state index in [9.17, 15) is 10.1 Å². The molecule has 0 aliphatic heterocycles. The number of nitriles is 1. The summed E-state index contributed by atoms with van der Waals surface area (Å²) < 4.78 is 4.93. The molecule has 0 aromatic heterocycles. The van der Waals surface area contributed by atoms with Crippen LogP contribution in [0, 0.1) is 21.4 Å². The molecule has 0 amide bonds. The molecule has 0 aliphatic rings. The van der Waals surface area contributed by atoms with E-state index in [2.05, 4.69) is 0 Å². The molecule has 1 rings (SSSR count). The molecule has 1 aromatic rings. The summed E-state index contributed by atoms with van der Waals surface area (Å²) >= 11 is 5.59. The van der Waals surface area contributed by atoms with E-state index in [1.54, 1.807) is 0 Å². The van der Waals surface area contributed by atoms with Crippen LogP contribution in [0.3, 0.4) is 0 Å². The monoisotopic (exact) mass is 226 g/mol. The lowest BCUT2D eigenvalue weighted by Gasteiger charge is -2.06. The third-order valence-electron chi connectivity index (χ3n) is 1.86. The molecule has 0 heterocycles. The molecule has 6 heteroatoms. The Morgan fingerprint density at radius 3 is 2.73 bits per heavy atom. The normalized spacial score (nSPS) is 9.40. The first-order valence-corrected chi connectivity index (χ1v) is 4.48. The SMILES string of the molecule is COc1cc(C#N)cc([N+](=O)[O-])c1CCl. The number of ether oxygens (including phenoxy) is 1. The van der Waals surface area contributed by atoms with Crippen molar-refractivity contribution in [1.82, 2.24) is 0 Å². The third-order valence-corrected chi connectivity index (χ3v) is 2.13. The summed E-state index contributed by atoms with van der Waals surface area (Å²) in [5.41, 5.74) is 0.261. The molecule has 5 nitrogen and oxygen atoms in total. The number of alkyl halides is 1. The van der Waals surface area contributed by atoms with Crippen molar-refractivity contribution in [3.63, 3.8) is 0 Å². The Hall–Kier alpha value is -1.80. The fourth-order valence-electron chi connectivity index (χ4n) is 1.17. The van der Waals surface area contributed by atoms with Crippen molar-refractivity contribution in [3.05, 3.63) is 33.4 Å². The van der Waals surface area contributed by atoms with Crippen LogP contribution in [0.1, 0.15) is 11.1 Å². The minimum Gasteiger partial charge on any atom is -0.496 e. The first-order chi connectivity index (χ1) is 7.13. The molecular weight excluding hydrogens is 220 g/mol. The van der Waals surface area contributed by atoms with Gasteiger partial charge in [0.1, 0.15) is 5.75 Å². The molecule has 0 atom stereocenters. The van der Waals surface area contributed by atoms with Crippen molar-refractivity contribution < 1.29 is 9.66 Å². The van der Waals surface area contributed by atoms with Crippen LogP contribution in [-0.4, -0.2) is 12.0 Å². The van der Waals surface area contributed by atoms with Gasteiger partial charge in [0, 0.05) is 6.07 Å². The number of benzene rings is 1. The van der Waals surface area contributed by atoms with Gasteiger partial charge in [-0.1, -0.05) is 0 Å². The quantitative estimate of drug-likeness (QED) is 0.450. The number of nitro groups is 1. The van der Waals surface area contributed by atoms with Gasteiger partial charge in [-0.05, 0) is 6.07 Å². The second-order valence-corrected chi connectivity index (χ2v) is 2.95. The van der Waals surface area contributed by atoms with E-state index in [1.165, 1.54) is 19.2 Å². The number of halogens is 1. The first kappa shape index (κ1) is 11.3. The highest BCUT2D eigenvalue weighted by atomic mass is 35.5. The highest BCUT2D eigenvalue weighted by Gasteiger charge is 2.19.